The van der Waals surface area contributed by atoms with E-state index in [4.69, 9.17) is 4.74 Å². The fourth-order valence-corrected chi connectivity index (χ4v) is 2.72. The summed E-state index contributed by atoms with van der Waals surface area (Å²) in [5.41, 5.74) is 0.722. The third-order valence-electron chi connectivity index (χ3n) is 1.68. The minimum Gasteiger partial charge on any atom is -0.374 e. The highest BCUT2D eigenvalue weighted by Crippen LogP contribution is 2.26. The van der Waals surface area contributed by atoms with Crippen LogP contribution in [0.5, 0.6) is 0 Å². The standard InChI is InChI=1S/C6H14OSi/c1-4-5-6(7-5)8(2)3/h5-6,8H,4H2,1-3H3. The minimum absolute atomic E-state index is 0.430. The lowest BCUT2D eigenvalue weighted by Crippen LogP contribution is -2.12. The summed E-state index contributed by atoms with van der Waals surface area (Å²) in [4.78, 5) is 0. The molecule has 2 heteroatoms. The molecule has 0 saturated carbocycles. The Balaban J connectivity index is 2.16. The molecule has 0 bridgehead atoms. The maximum absolute atomic E-state index is 5.39. The van der Waals surface area contributed by atoms with Crippen molar-refractivity contribution in [1.29, 1.82) is 0 Å². The van der Waals surface area contributed by atoms with Crippen molar-refractivity contribution < 1.29 is 4.74 Å². The van der Waals surface area contributed by atoms with Crippen molar-refractivity contribution in [3.8, 4) is 0 Å². The summed E-state index contributed by atoms with van der Waals surface area (Å²) in [5.74, 6) is 0. The van der Waals surface area contributed by atoms with Crippen LogP contribution >= 0.6 is 0 Å². The molecule has 1 aliphatic rings. The van der Waals surface area contributed by atoms with Gasteiger partial charge in [-0.25, -0.2) is 0 Å². The van der Waals surface area contributed by atoms with E-state index in [1.165, 1.54) is 6.42 Å². The molecule has 8 heavy (non-hydrogen) atoms. The van der Waals surface area contributed by atoms with E-state index in [2.05, 4.69) is 20.0 Å². The first-order valence-corrected chi connectivity index (χ1v) is 6.38. The Labute approximate surface area is 52.6 Å². The number of rotatable bonds is 2. The highest BCUT2D eigenvalue weighted by atomic mass is 28.3. The highest BCUT2D eigenvalue weighted by molar-refractivity contribution is 6.58. The van der Waals surface area contributed by atoms with Gasteiger partial charge in [0.2, 0.25) is 0 Å². The topological polar surface area (TPSA) is 12.5 Å². The molecule has 48 valence electrons. The molecular formula is C6H14OSi. The van der Waals surface area contributed by atoms with E-state index < -0.39 is 8.80 Å². The third kappa shape index (κ3) is 1.12. The molecule has 1 nitrogen and oxygen atoms in total. The molecule has 1 rings (SSSR count). The zero-order chi connectivity index (χ0) is 6.15. The average Bonchev–Trinajstić information content (AvgIpc) is 2.42. The number of hydrogen-bond donors (Lipinski definition) is 0. The summed E-state index contributed by atoms with van der Waals surface area (Å²) < 4.78 is 5.39. The second-order valence-electron chi connectivity index (χ2n) is 2.79. The first-order valence-electron chi connectivity index (χ1n) is 3.41. The summed E-state index contributed by atoms with van der Waals surface area (Å²) >= 11 is 0. The van der Waals surface area contributed by atoms with Gasteiger partial charge in [-0.05, 0) is 6.42 Å². The van der Waals surface area contributed by atoms with E-state index in [9.17, 15) is 0 Å². The first kappa shape index (κ1) is 6.30. The Morgan fingerprint density at radius 1 is 1.50 bits per heavy atom. The molecule has 0 spiro atoms. The Hall–Kier alpha value is 0.177. The Morgan fingerprint density at radius 3 is 2.25 bits per heavy atom. The molecular weight excluding hydrogens is 116 g/mol. The van der Waals surface area contributed by atoms with Gasteiger partial charge in [-0.2, -0.15) is 0 Å². The molecule has 0 aromatic carbocycles. The largest absolute Gasteiger partial charge is 0.374 e. The van der Waals surface area contributed by atoms with E-state index in [1.807, 2.05) is 0 Å². The zero-order valence-corrected chi connectivity index (χ0v) is 7.00. The van der Waals surface area contributed by atoms with Crippen LogP contribution in [0.1, 0.15) is 13.3 Å². The van der Waals surface area contributed by atoms with E-state index >= 15 is 0 Å². The van der Waals surface area contributed by atoms with E-state index in [-0.39, 0.29) is 0 Å². The van der Waals surface area contributed by atoms with Crippen LogP contribution in [0, 0.1) is 0 Å². The fourth-order valence-electron chi connectivity index (χ4n) is 1.07. The summed E-state index contributed by atoms with van der Waals surface area (Å²) in [6, 6.07) is 0. The lowest BCUT2D eigenvalue weighted by Gasteiger charge is -1.91. The van der Waals surface area contributed by atoms with Gasteiger partial charge in [0.1, 0.15) is 0 Å². The third-order valence-corrected chi connectivity index (χ3v) is 3.58. The molecule has 0 aromatic rings. The fraction of sp³-hybridized carbons (Fsp3) is 1.00. The summed E-state index contributed by atoms with van der Waals surface area (Å²) in [6.07, 6.45) is 1.87. The lowest BCUT2D eigenvalue weighted by molar-refractivity contribution is 0.391. The molecule has 2 atom stereocenters. The number of ether oxygens (including phenoxy) is 1. The van der Waals surface area contributed by atoms with Gasteiger partial charge in [-0.3, -0.25) is 0 Å². The highest BCUT2D eigenvalue weighted by Gasteiger charge is 2.39. The van der Waals surface area contributed by atoms with Gasteiger partial charge < -0.3 is 4.74 Å². The monoisotopic (exact) mass is 130 g/mol. The Bertz CT molecular complexity index is 82.6. The predicted octanol–water partition coefficient (Wildman–Crippen LogP) is 1.19. The summed E-state index contributed by atoms with van der Waals surface area (Å²) in [7, 11) is -0.430. The van der Waals surface area contributed by atoms with Crippen molar-refractivity contribution in [3.63, 3.8) is 0 Å². The molecule has 0 radical (unpaired) electrons. The van der Waals surface area contributed by atoms with Gasteiger partial charge in [-0.1, -0.05) is 20.0 Å². The molecule has 1 heterocycles. The lowest BCUT2D eigenvalue weighted by atomic mass is 10.4. The van der Waals surface area contributed by atoms with Crippen molar-refractivity contribution in [1.82, 2.24) is 0 Å². The van der Waals surface area contributed by atoms with Crippen LogP contribution in [0.25, 0.3) is 0 Å². The van der Waals surface area contributed by atoms with Crippen LogP contribution < -0.4 is 0 Å². The van der Waals surface area contributed by atoms with Crippen molar-refractivity contribution in [2.24, 2.45) is 0 Å². The first-order chi connectivity index (χ1) is 3.75. The van der Waals surface area contributed by atoms with Crippen LogP contribution in [0.4, 0.5) is 0 Å². The molecule has 0 amide bonds. The van der Waals surface area contributed by atoms with Crippen LogP contribution in [0.2, 0.25) is 13.1 Å². The van der Waals surface area contributed by atoms with E-state index in [0.717, 1.165) is 5.73 Å². The van der Waals surface area contributed by atoms with Gasteiger partial charge in [0, 0.05) is 0 Å². The van der Waals surface area contributed by atoms with Gasteiger partial charge in [0.15, 0.2) is 0 Å². The van der Waals surface area contributed by atoms with E-state index in [0.29, 0.717) is 6.10 Å². The summed E-state index contributed by atoms with van der Waals surface area (Å²) in [6.45, 7) is 6.89. The van der Waals surface area contributed by atoms with Crippen LogP contribution in [0.3, 0.4) is 0 Å². The van der Waals surface area contributed by atoms with Crippen molar-refractivity contribution in [3.05, 3.63) is 0 Å². The Morgan fingerprint density at radius 2 is 2.12 bits per heavy atom. The molecule has 0 aromatic heterocycles. The van der Waals surface area contributed by atoms with Crippen molar-refractivity contribution in [2.75, 3.05) is 0 Å². The molecule has 0 N–H and O–H groups in total. The second-order valence-corrected chi connectivity index (χ2v) is 5.94. The maximum Gasteiger partial charge on any atom is 0.0801 e. The minimum atomic E-state index is -0.430. The van der Waals surface area contributed by atoms with Crippen LogP contribution in [-0.4, -0.2) is 20.6 Å². The summed E-state index contributed by atoms with van der Waals surface area (Å²) in [5, 5.41) is 0. The normalized spacial score (nSPS) is 36.0. The van der Waals surface area contributed by atoms with Crippen molar-refractivity contribution >= 4 is 8.80 Å². The SMILES string of the molecule is CCC1OC1[SiH](C)C. The van der Waals surface area contributed by atoms with E-state index in [1.54, 1.807) is 0 Å². The maximum atomic E-state index is 5.39. The van der Waals surface area contributed by atoms with Crippen LogP contribution in [0.15, 0.2) is 0 Å². The van der Waals surface area contributed by atoms with Gasteiger partial charge in [0.25, 0.3) is 0 Å². The molecule has 1 aliphatic heterocycles. The van der Waals surface area contributed by atoms with Gasteiger partial charge in [0.05, 0.1) is 20.6 Å². The quantitative estimate of drug-likeness (QED) is 0.404. The van der Waals surface area contributed by atoms with Gasteiger partial charge >= 0.3 is 0 Å². The smallest absolute Gasteiger partial charge is 0.0801 e. The second kappa shape index (κ2) is 2.19. The van der Waals surface area contributed by atoms with Gasteiger partial charge in [-0.15, -0.1) is 0 Å². The zero-order valence-electron chi connectivity index (χ0n) is 5.85. The van der Waals surface area contributed by atoms with Crippen molar-refractivity contribution in [2.45, 2.75) is 38.3 Å². The molecule has 2 unspecified atom stereocenters. The predicted molar refractivity (Wildman–Crippen MR) is 37.8 cm³/mol. The van der Waals surface area contributed by atoms with Crippen LogP contribution in [-0.2, 0) is 4.74 Å². The number of hydrogen-bond acceptors (Lipinski definition) is 1. The molecule has 1 saturated heterocycles. The average molecular weight is 130 g/mol. The molecule has 0 aliphatic carbocycles. The molecule has 1 fully saturated rings. The Kier molecular flexibility index (Phi) is 1.73. The number of epoxide rings is 1.